The monoisotopic (exact) mass is 352 g/mol. The van der Waals surface area contributed by atoms with E-state index < -0.39 is 10.0 Å². The number of benzene rings is 1. The molecule has 1 saturated heterocycles. The second-order valence-corrected chi connectivity index (χ2v) is 8.45. The van der Waals surface area contributed by atoms with E-state index in [9.17, 15) is 13.2 Å². The van der Waals surface area contributed by atoms with E-state index in [0.717, 1.165) is 24.2 Å². The summed E-state index contributed by atoms with van der Waals surface area (Å²) in [5.74, 6) is -0.0172. The first-order chi connectivity index (χ1) is 11.5. The van der Waals surface area contributed by atoms with Crippen LogP contribution in [-0.4, -0.2) is 40.5 Å². The number of fused-ring (bicyclic) bond motifs is 1. The van der Waals surface area contributed by atoms with Crippen LogP contribution in [0.5, 0.6) is 0 Å². The fourth-order valence-electron chi connectivity index (χ4n) is 3.46. The molecule has 132 valence electrons. The van der Waals surface area contributed by atoms with Crippen LogP contribution >= 0.6 is 0 Å². The minimum absolute atomic E-state index is 0.0172. The zero-order valence-corrected chi connectivity index (χ0v) is 14.8. The molecule has 0 radical (unpaired) electrons. The quantitative estimate of drug-likeness (QED) is 0.645. The molecular formula is C17H26N3O3S+. The largest absolute Gasteiger partial charge is 0.335 e. The first-order valence-corrected chi connectivity index (χ1v) is 10.3. The van der Waals surface area contributed by atoms with Crippen molar-refractivity contribution in [2.45, 2.75) is 43.4 Å². The molecule has 0 saturated carbocycles. The number of hydrogen-bond donors (Lipinski definition) is 3. The van der Waals surface area contributed by atoms with Gasteiger partial charge in [-0.1, -0.05) is 0 Å². The average molecular weight is 352 g/mol. The molecule has 1 aromatic rings. The molecule has 0 spiro atoms. The summed E-state index contributed by atoms with van der Waals surface area (Å²) in [6.45, 7) is 3.92. The number of aryl methyl sites for hydroxylation is 1. The normalized spacial score (nSPS) is 18.9. The molecule has 0 atom stereocenters. The van der Waals surface area contributed by atoms with Crippen LogP contribution in [0.1, 0.15) is 37.7 Å². The van der Waals surface area contributed by atoms with Crippen molar-refractivity contribution in [2.75, 3.05) is 31.5 Å². The van der Waals surface area contributed by atoms with Gasteiger partial charge in [-0.25, -0.2) is 13.1 Å². The minimum atomic E-state index is -3.48. The van der Waals surface area contributed by atoms with Gasteiger partial charge in [-0.15, -0.1) is 0 Å². The number of hydrogen-bond acceptors (Lipinski definition) is 3. The molecule has 1 fully saturated rings. The van der Waals surface area contributed by atoms with Crippen molar-refractivity contribution in [3.8, 4) is 0 Å². The maximum absolute atomic E-state index is 12.4. The van der Waals surface area contributed by atoms with Gasteiger partial charge < -0.3 is 10.2 Å². The second kappa shape index (κ2) is 7.63. The van der Waals surface area contributed by atoms with Crippen molar-refractivity contribution < 1.29 is 18.1 Å². The summed E-state index contributed by atoms with van der Waals surface area (Å²) in [6, 6.07) is 4.91. The topological polar surface area (TPSA) is 79.7 Å². The molecule has 3 rings (SSSR count). The van der Waals surface area contributed by atoms with Crippen LogP contribution in [0.3, 0.4) is 0 Å². The Bertz CT molecular complexity index is 697. The molecule has 1 amide bonds. The van der Waals surface area contributed by atoms with Gasteiger partial charge in [0.15, 0.2) is 0 Å². The molecule has 7 heteroatoms. The number of carbonyl (C=O) groups excluding carboxylic acids is 1. The summed E-state index contributed by atoms with van der Waals surface area (Å²) in [5, 5.41) is 2.77. The van der Waals surface area contributed by atoms with Gasteiger partial charge in [0, 0.05) is 25.1 Å². The molecule has 2 heterocycles. The van der Waals surface area contributed by atoms with Crippen LogP contribution in [0.15, 0.2) is 23.1 Å². The number of anilines is 1. The van der Waals surface area contributed by atoms with Gasteiger partial charge in [0.25, 0.3) is 0 Å². The highest BCUT2D eigenvalue weighted by molar-refractivity contribution is 7.89. The van der Waals surface area contributed by atoms with Gasteiger partial charge in [-0.3, -0.25) is 4.79 Å². The van der Waals surface area contributed by atoms with Crippen molar-refractivity contribution in [3.05, 3.63) is 23.8 Å². The van der Waals surface area contributed by atoms with Crippen molar-refractivity contribution in [1.29, 1.82) is 0 Å². The van der Waals surface area contributed by atoms with Crippen molar-refractivity contribution in [3.63, 3.8) is 0 Å². The maximum atomic E-state index is 12.4. The number of piperidine rings is 1. The summed E-state index contributed by atoms with van der Waals surface area (Å²) in [4.78, 5) is 13.2. The highest BCUT2D eigenvalue weighted by Crippen LogP contribution is 2.25. The van der Waals surface area contributed by atoms with Gasteiger partial charge >= 0.3 is 0 Å². The first-order valence-electron chi connectivity index (χ1n) is 8.81. The molecule has 24 heavy (non-hydrogen) atoms. The summed E-state index contributed by atoms with van der Waals surface area (Å²) < 4.78 is 27.6. The Morgan fingerprint density at radius 1 is 1.12 bits per heavy atom. The summed E-state index contributed by atoms with van der Waals surface area (Å²) in [6.07, 6.45) is 5.75. The Morgan fingerprint density at radius 3 is 2.71 bits per heavy atom. The average Bonchev–Trinajstić information content (AvgIpc) is 2.59. The minimum Gasteiger partial charge on any atom is -0.335 e. The number of sulfonamides is 1. The third kappa shape index (κ3) is 4.34. The first kappa shape index (κ1) is 17.4. The smallest absolute Gasteiger partial charge is 0.240 e. The van der Waals surface area contributed by atoms with Gasteiger partial charge in [-0.05, 0) is 49.4 Å². The molecule has 3 N–H and O–H groups in total. The van der Waals surface area contributed by atoms with Crippen LogP contribution in [-0.2, 0) is 21.2 Å². The van der Waals surface area contributed by atoms with E-state index in [1.807, 2.05) is 0 Å². The van der Waals surface area contributed by atoms with E-state index in [2.05, 4.69) is 10.0 Å². The molecule has 2 aliphatic heterocycles. The summed E-state index contributed by atoms with van der Waals surface area (Å²) >= 11 is 0. The Morgan fingerprint density at radius 2 is 1.92 bits per heavy atom. The van der Waals surface area contributed by atoms with Crippen LogP contribution in [0, 0.1) is 0 Å². The molecule has 0 unspecified atom stereocenters. The standard InChI is InChI=1S/C17H25N3O3S/c21-17-8-5-14-13-15(6-7-16(14)19-17)24(22,23)18-9-4-12-20-10-2-1-3-11-20/h6-7,13,18H,1-5,8-12H2,(H,19,21)/p+1. The lowest BCUT2D eigenvalue weighted by atomic mass is 10.0. The molecule has 0 aromatic heterocycles. The van der Waals surface area contributed by atoms with Gasteiger partial charge in [-0.2, -0.15) is 0 Å². The maximum Gasteiger partial charge on any atom is 0.240 e. The second-order valence-electron chi connectivity index (χ2n) is 6.68. The predicted molar refractivity (Wildman–Crippen MR) is 92.6 cm³/mol. The number of likely N-dealkylation sites (tertiary alicyclic amines) is 1. The summed E-state index contributed by atoms with van der Waals surface area (Å²) in [7, 11) is -3.48. The number of nitrogens with one attached hydrogen (secondary N) is 3. The van der Waals surface area contributed by atoms with Crippen molar-refractivity contribution in [1.82, 2.24) is 4.72 Å². The van der Waals surface area contributed by atoms with Crippen molar-refractivity contribution >= 4 is 21.6 Å². The third-order valence-corrected chi connectivity index (χ3v) is 6.30. The predicted octanol–water partition coefficient (Wildman–Crippen LogP) is 0.309. The van der Waals surface area contributed by atoms with E-state index in [1.54, 1.807) is 23.1 Å². The van der Waals surface area contributed by atoms with Crippen LogP contribution in [0.2, 0.25) is 0 Å². The number of rotatable bonds is 6. The van der Waals surface area contributed by atoms with E-state index in [-0.39, 0.29) is 10.8 Å². The lowest BCUT2D eigenvalue weighted by molar-refractivity contribution is -0.904. The summed E-state index contributed by atoms with van der Waals surface area (Å²) in [5.41, 5.74) is 1.61. The van der Waals surface area contributed by atoms with E-state index in [1.165, 1.54) is 32.4 Å². The lowest BCUT2D eigenvalue weighted by Gasteiger charge is -2.23. The molecular weight excluding hydrogens is 326 g/mol. The number of amides is 1. The van der Waals surface area contributed by atoms with Gasteiger partial charge in [0.1, 0.15) is 0 Å². The van der Waals surface area contributed by atoms with E-state index in [4.69, 9.17) is 0 Å². The number of quaternary nitrogens is 1. The van der Waals surface area contributed by atoms with Crippen LogP contribution in [0.25, 0.3) is 0 Å². The highest BCUT2D eigenvalue weighted by Gasteiger charge is 2.20. The third-order valence-electron chi connectivity index (χ3n) is 4.84. The Kier molecular flexibility index (Phi) is 5.53. The SMILES string of the molecule is O=C1CCc2cc(S(=O)(=O)NCCC[NH+]3CCCCC3)ccc2N1. The van der Waals surface area contributed by atoms with Crippen LogP contribution < -0.4 is 14.9 Å². The molecule has 0 aliphatic carbocycles. The Balaban J connectivity index is 1.54. The highest BCUT2D eigenvalue weighted by atomic mass is 32.2. The fraction of sp³-hybridized carbons (Fsp3) is 0.588. The molecule has 1 aromatic carbocycles. The van der Waals surface area contributed by atoms with E-state index >= 15 is 0 Å². The molecule has 0 bridgehead atoms. The van der Waals surface area contributed by atoms with Gasteiger partial charge in [0.05, 0.1) is 24.5 Å². The zero-order valence-electron chi connectivity index (χ0n) is 13.9. The molecule has 6 nitrogen and oxygen atoms in total. The lowest BCUT2D eigenvalue weighted by Crippen LogP contribution is -3.12. The number of carbonyl (C=O) groups is 1. The molecule has 2 aliphatic rings. The zero-order chi connectivity index (χ0) is 17.0. The van der Waals surface area contributed by atoms with Crippen LogP contribution in [0.4, 0.5) is 5.69 Å². The Hall–Kier alpha value is -1.44. The Labute approximate surface area is 143 Å². The van der Waals surface area contributed by atoms with Crippen molar-refractivity contribution in [2.24, 2.45) is 0 Å². The fourth-order valence-corrected chi connectivity index (χ4v) is 4.58. The van der Waals surface area contributed by atoms with Gasteiger partial charge in [0.2, 0.25) is 15.9 Å². The van der Waals surface area contributed by atoms with E-state index in [0.29, 0.717) is 19.4 Å².